The maximum absolute atomic E-state index is 11.7. The molecule has 0 aliphatic carbocycles. The Kier molecular flexibility index (Phi) is 4.16. The lowest BCUT2D eigenvalue weighted by Crippen LogP contribution is -2.16. The van der Waals surface area contributed by atoms with Gasteiger partial charge < -0.3 is 5.11 Å². The second-order valence-corrected chi connectivity index (χ2v) is 6.94. The number of carboxylic acid groups (broad SMARTS) is 1. The molecule has 0 heterocycles. The van der Waals surface area contributed by atoms with E-state index in [9.17, 15) is 13.2 Å². The van der Waals surface area contributed by atoms with Crippen molar-refractivity contribution in [1.82, 2.24) is 0 Å². The van der Waals surface area contributed by atoms with Gasteiger partial charge in [-0.25, -0.2) is 13.2 Å². The van der Waals surface area contributed by atoms with Crippen LogP contribution in [-0.4, -0.2) is 24.7 Å². The lowest BCUT2D eigenvalue weighted by Gasteiger charge is -2.08. The van der Waals surface area contributed by atoms with Crippen molar-refractivity contribution in [2.24, 2.45) is 0 Å². The third kappa shape index (κ3) is 3.44. The first-order valence-electron chi connectivity index (χ1n) is 4.97. The van der Waals surface area contributed by atoms with Crippen LogP contribution < -0.4 is 0 Å². The van der Waals surface area contributed by atoms with Crippen LogP contribution >= 0.6 is 11.6 Å². The SMILES string of the molecule is CC(C)S(=O)(=O)Cc1ccc(Cl)c(C(=O)O)c1. The predicted molar refractivity (Wildman–Crippen MR) is 66.2 cm³/mol. The highest BCUT2D eigenvalue weighted by Crippen LogP contribution is 2.20. The highest BCUT2D eigenvalue weighted by Gasteiger charge is 2.18. The van der Waals surface area contributed by atoms with Gasteiger partial charge in [-0.15, -0.1) is 0 Å². The first-order chi connectivity index (χ1) is 7.74. The van der Waals surface area contributed by atoms with Crippen LogP contribution in [0.25, 0.3) is 0 Å². The minimum absolute atomic E-state index is 0.0804. The molecule has 0 spiro atoms. The molecule has 1 aromatic carbocycles. The summed E-state index contributed by atoms with van der Waals surface area (Å²) >= 11 is 5.69. The Morgan fingerprint density at radius 3 is 2.47 bits per heavy atom. The van der Waals surface area contributed by atoms with E-state index in [0.717, 1.165) is 0 Å². The molecule has 0 fully saturated rings. The molecule has 0 atom stereocenters. The molecular weight excluding hydrogens is 264 g/mol. The van der Waals surface area contributed by atoms with E-state index in [4.69, 9.17) is 16.7 Å². The lowest BCUT2D eigenvalue weighted by atomic mass is 10.1. The van der Waals surface area contributed by atoms with Crippen LogP contribution in [0, 0.1) is 0 Å². The average molecular weight is 277 g/mol. The van der Waals surface area contributed by atoms with E-state index < -0.39 is 21.1 Å². The van der Waals surface area contributed by atoms with Gasteiger partial charge in [-0.05, 0) is 31.5 Å². The zero-order valence-corrected chi connectivity index (χ0v) is 11.0. The summed E-state index contributed by atoms with van der Waals surface area (Å²) in [6.45, 7) is 3.17. The van der Waals surface area contributed by atoms with Gasteiger partial charge in [-0.1, -0.05) is 17.7 Å². The van der Waals surface area contributed by atoms with Gasteiger partial charge >= 0.3 is 5.97 Å². The predicted octanol–water partition coefficient (Wildman–Crippen LogP) is 2.36. The van der Waals surface area contributed by atoms with E-state index in [-0.39, 0.29) is 16.3 Å². The number of benzene rings is 1. The summed E-state index contributed by atoms with van der Waals surface area (Å²) in [4.78, 5) is 10.8. The lowest BCUT2D eigenvalue weighted by molar-refractivity contribution is 0.0697. The molecule has 0 radical (unpaired) electrons. The monoisotopic (exact) mass is 276 g/mol. The Hall–Kier alpha value is -1.07. The Balaban J connectivity index is 3.10. The van der Waals surface area contributed by atoms with Crippen molar-refractivity contribution in [2.75, 3.05) is 0 Å². The van der Waals surface area contributed by atoms with Gasteiger partial charge in [0.25, 0.3) is 0 Å². The summed E-state index contributed by atoms with van der Waals surface area (Å²) < 4.78 is 23.4. The van der Waals surface area contributed by atoms with E-state index in [1.807, 2.05) is 0 Å². The van der Waals surface area contributed by atoms with Gasteiger partial charge in [-0.3, -0.25) is 0 Å². The quantitative estimate of drug-likeness (QED) is 0.916. The third-order valence-corrected chi connectivity index (χ3v) is 4.85. The minimum atomic E-state index is -3.24. The Morgan fingerprint density at radius 1 is 1.41 bits per heavy atom. The van der Waals surface area contributed by atoms with Crippen LogP contribution in [0.4, 0.5) is 0 Å². The molecule has 1 rings (SSSR count). The summed E-state index contributed by atoms with van der Waals surface area (Å²) in [5.74, 6) is -1.35. The number of hydrogen-bond donors (Lipinski definition) is 1. The van der Waals surface area contributed by atoms with E-state index in [0.29, 0.717) is 5.56 Å². The van der Waals surface area contributed by atoms with Crippen LogP contribution in [0.15, 0.2) is 18.2 Å². The van der Waals surface area contributed by atoms with Crippen molar-refractivity contribution in [3.05, 3.63) is 34.3 Å². The first-order valence-corrected chi connectivity index (χ1v) is 7.06. The molecule has 0 unspecified atom stereocenters. The molecule has 6 heteroatoms. The fraction of sp³-hybridized carbons (Fsp3) is 0.364. The highest BCUT2D eigenvalue weighted by molar-refractivity contribution is 7.91. The Labute approximate surface area is 105 Å². The number of aromatic carboxylic acids is 1. The molecule has 4 nitrogen and oxygen atoms in total. The summed E-state index contributed by atoms with van der Waals surface area (Å²) in [7, 11) is -3.24. The molecule has 0 aliphatic heterocycles. The van der Waals surface area contributed by atoms with E-state index in [2.05, 4.69) is 0 Å². The number of rotatable bonds is 4. The normalized spacial score (nSPS) is 11.8. The van der Waals surface area contributed by atoms with Gasteiger partial charge in [0, 0.05) is 0 Å². The van der Waals surface area contributed by atoms with Crippen LogP contribution in [0.2, 0.25) is 5.02 Å². The molecule has 94 valence electrons. The number of hydrogen-bond acceptors (Lipinski definition) is 3. The van der Waals surface area contributed by atoms with Crippen molar-refractivity contribution < 1.29 is 18.3 Å². The second kappa shape index (κ2) is 5.06. The Morgan fingerprint density at radius 2 is 2.00 bits per heavy atom. The van der Waals surface area contributed by atoms with Gasteiger partial charge in [0.2, 0.25) is 0 Å². The van der Waals surface area contributed by atoms with Crippen molar-refractivity contribution in [1.29, 1.82) is 0 Å². The van der Waals surface area contributed by atoms with Gasteiger partial charge in [-0.2, -0.15) is 0 Å². The number of sulfone groups is 1. The molecule has 0 bridgehead atoms. The highest BCUT2D eigenvalue weighted by atomic mass is 35.5. The number of carboxylic acids is 1. The number of halogens is 1. The first kappa shape index (κ1) is 14.0. The fourth-order valence-corrected chi connectivity index (χ4v) is 2.40. The molecule has 0 saturated carbocycles. The summed E-state index contributed by atoms with van der Waals surface area (Å²) in [6.07, 6.45) is 0. The maximum Gasteiger partial charge on any atom is 0.337 e. The molecule has 0 saturated heterocycles. The van der Waals surface area contributed by atoms with Crippen molar-refractivity contribution in [3.8, 4) is 0 Å². The summed E-state index contributed by atoms with van der Waals surface area (Å²) in [5.41, 5.74) is 0.351. The average Bonchev–Trinajstić information content (AvgIpc) is 2.20. The van der Waals surface area contributed by atoms with Crippen molar-refractivity contribution in [2.45, 2.75) is 24.9 Å². The van der Waals surface area contributed by atoms with Crippen molar-refractivity contribution >= 4 is 27.4 Å². The molecule has 17 heavy (non-hydrogen) atoms. The zero-order valence-electron chi connectivity index (χ0n) is 9.47. The second-order valence-electron chi connectivity index (χ2n) is 3.98. The zero-order chi connectivity index (χ0) is 13.2. The van der Waals surface area contributed by atoms with E-state index in [1.54, 1.807) is 13.8 Å². The minimum Gasteiger partial charge on any atom is -0.478 e. The van der Waals surface area contributed by atoms with Gasteiger partial charge in [0.15, 0.2) is 9.84 Å². The largest absolute Gasteiger partial charge is 0.478 e. The topological polar surface area (TPSA) is 71.4 Å². The van der Waals surface area contributed by atoms with Gasteiger partial charge in [0.05, 0.1) is 21.6 Å². The smallest absolute Gasteiger partial charge is 0.337 e. The third-order valence-electron chi connectivity index (χ3n) is 2.35. The molecule has 1 aromatic rings. The molecular formula is C11H13ClO4S. The molecule has 0 amide bonds. The Bertz CT molecular complexity index is 534. The molecule has 0 aliphatic rings. The fourth-order valence-electron chi connectivity index (χ4n) is 1.23. The van der Waals surface area contributed by atoms with E-state index in [1.165, 1.54) is 18.2 Å². The maximum atomic E-state index is 11.7. The van der Waals surface area contributed by atoms with Crippen LogP contribution in [0.3, 0.4) is 0 Å². The molecule has 0 aromatic heterocycles. The van der Waals surface area contributed by atoms with E-state index >= 15 is 0 Å². The van der Waals surface area contributed by atoms with Gasteiger partial charge in [0.1, 0.15) is 0 Å². The summed E-state index contributed by atoms with van der Waals surface area (Å²) in [6, 6.07) is 4.22. The standard InChI is InChI=1S/C11H13ClO4S/c1-7(2)17(15,16)6-8-3-4-10(12)9(5-8)11(13)14/h3-5,7H,6H2,1-2H3,(H,13,14). The van der Waals surface area contributed by atoms with Crippen molar-refractivity contribution in [3.63, 3.8) is 0 Å². The molecule has 1 N–H and O–H groups in total. The van der Waals surface area contributed by atoms with Crippen LogP contribution in [-0.2, 0) is 15.6 Å². The number of carbonyl (C=O) groups is 1. The van der Waals surface area contributed by atoms with Crippen LogP contribution in [0.5, 0.6) is 0 Å². The van der Waals surface area contributed by atoms with Crippen LogP contribution in [0.1, 0.15) is 29.8 Å². The summed E-state index contributed by atoms with van der Waals surface area (Å²) in [5, 5.41) is 8.47.